The Labute approximate surface area is 227 Å². The molecule has 208 valence electrons. The first-order valence-electron chi connectivity index (χ1n) is 14.5. The molecule has 0 aromatic heterocycles. The van der Waals surface area contributed by atoms with Crippen molar-refractivity contribution < 1.29 is 28.7 Å². The van der Waals surface area contributed by atoms with E-state index >= 15 is 0 Å². The number of rotatable bonds is 3. The summed E-state index contributed by atoms with van der Waals surface area (Å²) in [5.74, 6) is -1.04. The van der Waals surface area contributed by atoms with Gasteiger partial charge in [-0.2, -0.15) is 0 Å². The van der Waals surface area contributed by atoms with Crippen LogP contribution in [0.5, 0.6) is 0 Å². The lowest BCUT2D eigenvalue weighted by Gasteiger charge is -2.54. The predicted octanol–water partition coefficient (Wildman–Crippen LogP) is 5.64. The third-order valence-corrected chi connectivity index (χ3v) is 12.8. The average Bonchev–Trinajstić information content (AvgIpc) is 3.36. The summed E-state index contributed by atoms with van der Waals surface area (Å²) in [4.78, 5) is 55.0. The molecule has 0 bridgehead atoms. The summed E-state index contributed by atoms with van der Waals surface area (Å²) in [6, 6.07) is 0. The van der Waals surface area contributed by atoms with Crippen molar-refractivity contribution in [2.45, 2.75) is 86.5 Å². The second-order valence-corrected chi connectivity index (χ2v) is 13.5. The molecule has 2 fully saturated rings. The topological polar surface area (TPSA) is 86.7 Å². The van der Waals surface area contributed by atoms with Crippen molar-refractivity contribution in [1.82, 2.24) is 0 Å². The number of carbonyl (C=O) groups excluding carboxylic acids is 4. The normalized spacial score (nSPS) is 46.2. The Balaban J connectivity index is 1.57. The molecule has 5 rings (SSSR count). The van der Waals surface area contributed by atoms with Crippen LogP contribution in [0.4, 0.5) is 0 Å². The van der Waals surface area contributed by atoms with E-state index in [0.717, 1.165) is 49.7 Å². The minimum atomic E-state index is -1.16. The van der Waals surface area contributed by atoms with Crippen molar-refractivity contribution in [3.05, 3.63) is 22.8 Å². The number of hydrogen-bond acceptors (Lipinski definition) is 6. The standard InChI is InChI=1S/C32H44O6/c1-17-11-13-29(5)20(4)23(16-25(33)31(17,29)27(35)37-7)21-9-10-22-19(3)30(6)14-12-18(2)32(30,28(36)38-8)26(34)24(22)15-21/h16-21H,9-15H2,1-8H3. The lowest BCUT2D eigenvalue weighted by molar-refractivity contribution is -0.172. The maximum atomic E-state index is 14.5. The smallest absolute Gasteiger partial charge is 0.320 e. The third kappa shape index (κ3) is 2.85. The van der Waals surface area contributed by atoms with Crippen LogP contribution in [0, 0.1) is 51.2 Å². The molecular formula is C32H44O6. The highest BCUT2D eigenvalue weighted by atomic mass is 16.5. The highest BCUT2D eigenvalue weighted by molar-refractivity contribution is 6.15. The molecule has 6 nitrogen and oxygen atoms in total. The Morgan fingerprint density at radius 3 is 1.92 bits per heavy atom. The summed E-state index contributed by atoms with van der Waals surface area (Å²) < 4.78 is 10.6. The van der Waals surface area contributed by atoms with Crippen LogP contribution in [0.15, 0.2) is 22.8 Å². The Morgan fingerprint density at radius 1 is 0.816 bits per heavy atom. The van der Waals surface area contributed by atoms with Crippen LogP contribution in [0.25, 0.3) is 0 Å². The van der Waals surface area contributed by atoms with Crippen LogP contribution in [-0.2, 0) is 28.7 Å². The van der Waals surface area contributed by atoms with Crippen molar-refractivity contribution in [3.63, 3.8) is 0 Å². The molecule has 9 atom stereocenters. The zero-order valence-corrected chi connectivity index (χ0v) is 24.4. The Hall–Kier alpha value is -2.24. The van der Waals surface area contributed by atoms with Gasteiger partial charge in [-0.1, -0.05) is 52.7 Å². The number of hydrogen-bond donors (Lipinski definition) is 0. The van der Waals surface area contributed by atoms with Crippen LogP contribution in [0.3, 0.4) is 0 Å². The van der Waals surface area contributed by atoms with Crippen molar-refractivity contribution in [1.29, 1.82) is 0 Å². The first-order valence-corrected chi connectivity index (χ1v) is 14.5. The molecule has 5 aliphatic carbocycles. The van der Waals surface area contributed by atoms with Crippen LogP contribution >= 0.6 is 0 Å². The Morgan fingerprint density at radius 2 is 1.34 bits per heavy atom. The minimum absolute atomic E-state index is 0.00208. The quantitative estimate of drug-likeness (QED) is 0.351. The summed E-state index contributed by atoms with van der Waals surface area (Å²) in [5.41, 5.74) is -0.263. The third-order valence-electron chi connectivity index (χ3n) is 12.8. The van der Waals surface area contributed by atoms with Gasteiger partial charge in [-0.3, -0.25) is 19.2 Å². The van der Waals surface area contributed by atoms with Gasteiger partial charge in [-0.15, -0.1) is 0 Å². The van der Waals surface area contributed by atoms with E-state index < -0.39 is 33.6 Å². The van der Waals surface area contributed by atoms with Crippen molar-refractivity contribution >= 4 is 23.5 Å². The van der Waals surface area contributed by atoms with Gasteiger partial charge in [-0.25, -0.2) is 0 Å². The second kappa shape index (κ2) is 8.63. The van der Waals surface area contributed by atoms with Crippen LogP contribution < -0.4 is 0 Å². The number of Topliss-reactive ketones (excluding diaryl/α,β-unsaturated/α-hetero) is 1. The number of methoxy groups -OCH3 is 2. The summed E-state index contributed by atoms with van der Waals surface area (Å²) in [5, 5.41) is 0. The fourth-order valence-corrected chi connectivity index (χ4v) is 10.3. The molecule has 0 radical (unpaired) electrons. The van der Waals surface area contributed by atoms with E-state index in [2.05, 4.69) is 27.7 Å². The van der Waals surface area contributed by atoms with Crippen molar-refractivity contribution in [2.75, 3.05) is 14.2 Å². The summed E-state index contributed by atoms with van der Waals surface area (Å²) >= 11 is 0. The molecule has 0 amide bonds. The minimum Gasteiger partial charge on any atom is -0.468 e. The summed E-state index contributed by atoms with van der Waals surface area (Å²) in [7, 11) is 2.77. The zero-order valence-electron chi connectivity index (χ0n) is 24.4. The molecular weight excluding hydrogens is 480 g/mol. The molecule has 0 spiro atoms. The molecule has 0 aromatic rings. The van der Waals surface area contributed by atoms with Gasteiger partial charge in [0.25, 0.3) is 0 Å². The van der Waals surface area contributed by atoms with Crippen molar-refractivity contribution in [2.24, 2.45) is 51.2 Å². The summed E-state index contributed by atoms with van der Waals surface area (Å²) in [6.45, 7) is 12.6. The van der Waals surface area contributed by atoms with Gasteiger partial charge in [0.05, 0.1) is 14.2 Å². The number of ether oxygens (including phenoxy) is 2. The van der Waals surface area contributed by atoms with E-state index in [0.29, 0.717) is 6.42 Å². The zero-order chi connectivity index (χ0) is 28.0. The van der Waals surface area contributed by atoms with E-state index in [1.54, 1.807) is 6.08 Å². The Bertz CT molecular complexity index is 1180. The molecule has 2 saturated carbocycles. The van der Waals surface area contributed by atoms with E-state index in [4.69, 9.17) is 9.47 Å². The number of esters is 2. The molecule has 0 heterocycles. The van der Waals surface area contributed by atoms with Gasteiger partial charge in [0.2, 0.25) is 0 Å². The first-order chi connectivity index (χ1) is 17.8. The maximum absolute atomic E-state index is 14.5. The molecule has 38 heavy (non-hydrogen) atoms. The molecule has 6 heteroatoms. The molecule has 9 unspecified atom stereocenters. The fraction of sp³-hybridized carbons (Fsp3) is 0.750. The molecule has 0 saturated heterocycles. The fourth-order valence-electron chi connectivity index (χ4n) is 10.3. The van der Waals surface area contributed by atoms with Gasteiger partial charge in [-0.05, 0) is 97.0 Å². The molecule has 0 aromatic carbocycles. The highest BCUT2D eigenvalue weighted by Crippen LogP contribution is 2.69. The van der Waals surface area contributed by atoms with Gasteiger partial charge in [0, 0.05) is 0 Å². The first kappa shape index (κ1) is 27.3. The average molecular weight is 525 g/mol. The van der Waals surface area contributed by atoms with E-state index in [-0.39, 0.29) is 41.2 Å². The SMILES string of the molecule is COC(=O)C12C(=O)C=C(C3CCC4=C(C3)C(=O)C3(C(=O)OC)C(C)CCC3(C)C4C)C(C)C1(C)CCC2C. The van der Waals surface area contributed by atoms with Gasteiger partial charge in [0.15, 0.2) is 11.6 Å². The molecule has 0 N–H and O–H groups in total. The van der Waals surface area contributed by atoms with E-state index in [9.17, 15) is 19.2 Å². The number of carbonyl (C=O) groups is 4. The van der Waals surface area contributed by atoms with E-state index in [1.807, 2.05) is 13.8 Å². The van der Waals surface area contributed by atoms with Crippen LogP contribution in [0.2, 0.25) is 0 Å². The van der Waals surface area contributed by atoms with Gasteiger partial charge in [0.1, 0.15) is 10.8 Å². The lowest BCUT2D eigenvalue weighted by atomic mass is 9.47. The highest BCUT2D eigenvalue weighted by Gasteiger charge is 2.72. The van der Waals surface area contributed by atoms with Crippen LogP contribution in [-0.4, -0.2) is 37.7 Å². The van der Waals surface area contributed by atoms with Crippen molar-refractivity contribution in [3.8, 4) is 0 Å². The van der Waals surface area contributed by atoms with Gasteiger partial charge < -0.3 is 9.47 Å². The molecule has 5 aliphatic rings. The summed E-state index contributed by atoms with van der Waals surface area (Å²) in [6.07, 6.45) is 7.18. The Kier molecular flexibility index (Phi) is 6.21. The predicted molar refractivity (Wildman–Crippen MR) is 143 cm³/mol. The number of ketones is 2. The molecule has 0 aliphatic heterocycles. The van der Waals surface area contributed by atoms with E-state index in [1.165, 1.54) is 19.8 Å². The number of fused-ring (bicyclic) bond motifs is 2. The van der Waals surface area contributed by atoms with Gasteiger partial charge >= 0.3 is 11.9 Å². The second-order valence-electron chi connectivity index (χ2n) is 13.5. The monoisotopic (exact) mass is 524 g/mol. The van der Waals surface area contributed by atoms with Crippen LogP contribution in [0.1, 0.15) is 86.5 Å². The number of allylic oxidation sites excluding steroid dienone is 4. The largest absolute Gasteiger partial charge is 0.468 e. The lowest BCUT2D eigenvalue weighted by Crippen LogP contribution is -2.59. The maximum Gasteiger partial charge on any atom is 0.320 e.